The number of nitrogens with zero attached hydrogens (tertiary/aromatic N) is 3. The Labute approximate surface area is 201 Å². The van der Waals surface area contributed by atoms with E-state index in [2.05, 4.69) is 101 Å². The highest BCUT2D eigenvalue weighted by atomic mass is 15.3. The molecule has 0 saturated carbocycles. The van der Waals surface area contributed by atoms with Crippen molar-refractivity contribution in [1.82, 2.24) is 15.3 Å². The average molecular weight is 450 g/mol. The van der Waals surface area contributed by atoms with Gasteiger partial charge in [0, 0.05) is 31.2 Å². The number of anilines is 2. The van der Waals surface area contributed by atoms with Crippen LogP contribution in [0.5, 0.6) is 0 Å². The van der Waals surface area contributed by atoms with E-state index in [1.165, 1.54) is 39.1 Å². The molecule has 34 heavy (non-hydrogen) atoms. The molecule has 2 atom stereocenters. The van der Waals surface area contributed by atoms with Crippen LogP contribution in [0.25, 0.3) is 11.1 Å². The van der Waals surface area contributed by atoms with E-state index in [4.69, 9.17) is 0 Å². The van der Waals surface area contributed by atoms with Gasteiger partial charge in [-0.3, -0.25) is 9.97 Å². The Morgan fingerprint density at radius 3 is 2.32 bits per heavy atom. The molecular weight excluding hydrogens is 418 g/mol. The van der Waals surface area contributed by atoms with Crippen LogP contribution >= 0.6 is 0 Å². The second-order valence-electron chi connectivity index (χ2n) is 9.11. The number of hydrogen-bond acceptors (Lipinski definition) is 5. The van der Waals surface area contributed by atoms with Crippen molar-refractivity contribution in [3.05, 3.63) is 108 Å². The summed E-state index contributed by atoms with van der Waals surface area (Å²) < 4.78 is 0. The standard InChI is InChI=1S/C21H20N4.C8H11N/c1-22-20-14-7-4-3-6-13(14)19-15(20)8-5-9-16(19)21-24-17-12-23-11-10-18(17)25(21)2;1-7(2)8-4-3-5-9-6-8/h3-12,20-22,24H,1-2H3;3-7H,1-2H3. The Balaban J connectivity index is 0.000000227. The minimum Gasteiger partial charge on any atom is -0.358 e. The minimum absolute atomic E-state index is 0.109. The largest absolute Gasteiger partial charge is 0.358 e. The molecule has 5 heteroatoms. The third kappa shape index (κ3) is 3.82. The van der Waals surface area contributed by atoms with Crippen molar-refractivity contribution < 1.29 is 0 Å². The molecule has 2 aromatic heterocycles. The zero-order valence-corrected chi connectivity index (χ0v) is 20.2. The van der Waals surface area contributed by atoms with Crippen molar-refractivity contribution >= 4 is 11.4 Å². The fourth-order valence-corrected chi connectivity index (χ4v) is 5.02. The molecular formula is C29H31N5. The summed E-state index contributed by atoms with van der Waals surface area (Å²) in [4.78, 5) is 10.6. The van der Waals surface area contributed by atoms with E-state index >= 15 is 0 Å². The average Bonchev–Trinajstić information content (AvgIpc) is 3.39. The molecule has 1 aliphatic carbocycles. The Kier molecular flexibility index (Phi) is 6.03. The smallest absolute Gasteiger partial charge is 0.126 e. The quantitative estimate of drug-likeness (QED) is 0.394. The first kappa shape index (κ1) is 22.1. The summed E-state index contributed by atoms with van der Waals surface area (Å²) in [5.41, 5.74) is 10.3. The van der Waals surface area contributed by atoms with Crippen LogP contribution in [0, 0.1) is 0 Å². The highest BCUT2D eigenvalue weighted by molar-refractivity contribution is 5.84. The van der Waals surface area contributed by atoms with E-state index in [1.807, 2.05) is 31.7 Å². The molecule has 3 heterocycles. The number of benzene rings is 2. The van der Waals surface area contributed by atoms with Crippen LogP contribution < -0.4 is 15.5 Å². The van der Waals surface area contributed by atoms with Gasteiger partial charge in [0.15, 0.2) is 0 Å². The van der Waals surface area contributed by atoms with Gasteiger partial charge in [-0.05, 0) is 52.9 Å². The van der Waals surface area contributed by atoms with Crippen molar-refractivity contribution in [1.29, 1.82) is 0 Å². The number of rotatable bonds is 3. The van der Waals surface area contributed by atoms with Gasteiger partial charge >= 0.3 is 0 Å². The maximum absolute atomic E-state index is 4.25. The highest BCUT2D eigenvalue weighted by Crippen LogP contribution is 2.49. The first-order chi connectivity index (χ1) is 16.6. The van der Waals surface area contributed by atoms with Crippen LogP contribution in [-0.2, 0) is 0 Å². The number of aromatic nitrogens is 2. The molecule has 2 aliphatic rings. The molecule has 0 amide bonds. The molecule has 0 fully saturated rings. The lowest BCUT2D eigenvalue weighted by atomic mass is 9.97. The third-order valence-electron chi connectivity index (χ3n) is 6.77. The molecule has 172 valence electrons. The van der Waals surface area contributed by atoms with Gasteiger partial charge < -0.3 is 15.5 Å². The maximum atomic E-state index is 4.25. The predicted octanol–water partition coefficient (Wildman–Crippen LogP) is 6.14. The van der Waals surface area contributed by atoms with Gasteiger partial charge in [-0.25, -0.2) is 0 Å². The zero-order chi connectivity index (χ0) is 23.7. The minimum atomic E-state index is 0.109. The predicted molar refractivity (Wildman–Crippen MR) is 140 cm³/mol. The second-order valence-corrected chi connectivity index (χ2v) is 9.11. The normalized spacial score (nSPS) is 17.4. The molecule has 5 nitrogen and oxygen atoms in total. The van der Waals surface area contributed by atoms with Crippen molar-refractivity contribution in [3.63, 3.8) is 0 Å². The van der Waals surface area contributed by atoms with Gasteiger partial charge in [0.2, 0.25) is 0 Å². The monoisotopic (exact) mass is 449 g/mol. The van der Waals surface area contributed by atoms with Crippen molar-refractivity contribution in [2.75, 3.05) is 24.3 Å². The molecule has 0 saturated heterocycles. The van der Waals surface area contributed by atoms with Crippen LogP contribution in [0.3, 0.4) is 0 Å². The first-order valence-corrected chi connectivity index (χ1v) is 11.8. The van der Waals surface area contributed by atoms with Crippen LogP contribution in [0.15, 0.2) is 85.5 Å². The SMILES string of the molecule is CC(C)c1cccnc1.CNC1c2ccccc2-c2c1cccc2C1Nc2cnccc2N1C. The molecule has 0 spiro atoms. The lowest BCUT2D eigenvalue weighted by molar-refractivity contribution is 0.706. The lowest BCUT2D eigenvalue weighted by Gasteiger charge is -2.25. The molecule has 0 bridgehead atoms. The van der Waals surface area contributed by atoms with Crippen LogP contribution in [-0.4, -0.2) is 24.1 Å². The van der Waals surface area contributed by atoms with Crippen molar-refractivity contribution in [2.24, 2.45) is 0 Å². The van der Waals surface area contributed by atoms with Gasteiger partial charge in [0.25, 0.3) is 0 Å². The van der Waals surface area contributed by atoms with Crippen molar-refractivity contribution in [3.8, 4) is 11.1 Å². The Hall–Kier alpha value is -3.70. The van der Waals surface area contributed by atoms with E-state index in [-0.39, 0.29) is 12.2 Å². The fourth-order valence-electron chi connectivity index (χ4n) is 5.02. The molecule has 2 unspecified atom stereocenters. The fraction of sp³-hybridized carbons (Fsp3) is 0.241. The molecule has 2 N–H and O–H groups in total. The lowest BCUT2D eigenvalue weighted by Crippen LogP contribution is -2.24. The summed E-state index contributed by atoms with van der Waals surface area (Å²) in [6.45, 7) is 4.33. The molecule has 2 aromatic carbocycles. The molecule has 1 aliphatic heterocycles. The van der Waals surface area contributed by atoms with Gasteiger partial charge in [-0.15, -0.1) is 0 Å². The van der Waals surface area contributed by atoms with Crippen LogP contribution in [0.1, 0.15) is 54.2 Å². The summed E-state index contributed by atoms with van der Waals surface area (Å²) in [7, 11) is 4.17. The van der Waals surface area contributed by atoms with Crippen LogP contribution in [0.2, 0.25) is 0 Å². The maximum Gasteiger partial charge on any atom is 0.126 e. The Morgan fingerprint density at radius 1 is 0.853 bits per heavy atom. The van der Waals surface area contributed by atoms with E-state index in [9.17, 15) is 0 Å². The zero-order valence-electron chi connectivity index (χ0n) is 20.2. The molecule has 6 rings (SSSR count). The molecule has 4 aromatic rings. The van der Waals surface area contributed by atoms with E-state index in [0.717, 1.165) is 5.69 Å². The van der Waals surface area contributed by atoms with Crippen LogP contribution in [0.4, 0.5) is 11.4 Å². The topological polar surface area (TPSA) is 53.1 Å². The summed E-state index contributed by atoms with van der Waals surface area (Å²) in [6, 6.07) is 21.7. The van der Waals surface area contributed by atoms with E-state index in [1.54, 1.807) is 6.20 Å². The van der Waals surface area contributed by atoms with Gasteiger partial charge in [0.05, 0.1) is 23.6 Å². The number of fused-ring (bicyclic) bond motifs is 4. The molecule has 0 radical (unpaired) electrons. The number of nitrogens with one attached hydrogen (secondary N) is 2. The van der Waals surface area contributed by atoms with E-state index in [0.29, 0.717) is 5.92 Å². The van der Waals surface area contributed by atoms with Gasteiger partial charge in [-0.2, -0.15) is 0 Å². The number of pyridine rings is 2. The highest BCUT2D eigenvalue weighted by Gasteiger charge is 2.34. The summed E-state index contributed by atoms with van der Waals surface area (Å²) in [5, 5.41) is 7.12. The van der Waals surface area contributed by atoms with Gasteiger partial charge in [0.1, 0.15) is 6.17 Å². The number of hydrogen-bond donors (Lipinski definition) is 2. The summed E-state index contributed by atoms with van der Waals surface area (Å²) in [6.07, 6.45) is 7.56. The summed E-state index contributed by atoms with van der Waals surface area (Å²) in [5.74, 6) is 0.596. The van der Waals surface area contributed by atoms with Gasteiger partial charge in [-0.1, -0.05) is 62.4 Å². The second kappa shape index (κ2) is 9.27. The Morgan fingerprint density at radius 2 is 1.62 bits per heavy atom. The Bertz CT molecular complexity index is 1280. The van der Waals surface area contributed by atoms with Crippen molar-refractivity contribution in [2.45, 2.75) is 32.0 Å². The first-order valence-electron chi connectivity index (χ1n) is 11.8. The third-order valence-corrected chi connectivity index (χ3v) is 6.77. The van der Waals surface area contributed by atoms with E-state index < -0.39 is 0 Å². The summed E-state index contributed by atoms with van der Waals surface area (Å²) >= 11 is 0.